The number of amides is 1. The monoisotopic (exact) mass is 227 g/mol. The molecule has 1 fully saturated rings. The second kappa shape index (κ2) is 4.72. The smallest absolute Gasteiger partial charge is 0.313 e. The first-order valence-corrected chi connectivity index (χ1v) is 6.23. The molecule has 1 aromatic heterocycles. The maximum atomic E-state index is 11.8. The minimum Gasteiger partial charge on any atom is -0.455 e. The summed E-state index contributed by atoms with van der Waals surface area (Å²) in [6.07, 6.45) is 2.89. The lowest BCUT2D eigenvalue weighted by Crippen LogP contribution is -2.25. The van der Waals surface area contributed by atoms with E-state index in [0.29, 0.717) is 18.9 Å². The van der Waals surface area contributed by atoms with Crippen molar-refractivity contribution < 1.29 is 14.0 Å². The molecule has 0 radical (unpaired) electrons. The lowest BCUT2D eigenvalue weighted by Gasteiger charge is -2.11. The summed E-state index contributed by atoms with van der Waals surface area (Å²) in [6, 6.07) is 3.54. The summed E-state index contributed by atoms with van der Waals surface area (Å²) in [4.78, 5) is 16.9. The van der Waals surface area contributed by atoms with Crippen LogP contribution in [0.2, 0.25) is 0 Å². The third-order valence-electron chi connectivity index (χ3n) is 2.14. The van der Waals surface area contributed by atoms with Crippen molar-refractivity contribution in [3.63, 3.8) is 0 Å². The van der Waals surface area contributed by atoms with Crippen LogP contribution in [0, 0.1) is 0 Å². The summed E-state index contributed by atoms with van der Waals surface area (Å²) >= 11 is 1.66. The zero-order valence-corrected chi connectivity index (χ0v) is 9.38. The zero-order chi connectivity index (χ0) is 10.7. The van der Waals surface area contributed by atoms with Crippen molar-refractivity contribution in [3.05, 3.63) is 23.7 Å². The predicted octanol–water partition coefficient (Wildman–Crippen LogP) is 1.92. The number of thioether (sulfide) groups is 1. The molecule has 0 aliphatic carbocycles. The normalized spacial score (nSPS) is 15.9. The number of carbonyl (C=O) groups is 1. The van der Waals surface area contributed by atoms with Crippen LogP contribution in [-0.4, -0.2) is 30.4 Å². The van der Waals surface area contributed by atoms with Gasteiger partial charge in [-0.1, -0.05) is 0 Å². The average Bonchev–Trinajstić information content (AvgIpc) is 2.87. The van der Waals surface area contributed by atoms with Crippen LogP contribution in [-0.2, 0) is 10.6 Å². The molecule has 5 heteroatoms. The average molecular weight is 227 g/mol. The van der Waals surface area contributed by atoms with Crippen LogP contribution >= 0.6 is 11.8 Å². The number of rotatable bonds is 3. The number of furan rings is 1. The van der Waals surface area contributed by atoms with Crippen molar-refractivity contribution in [2.24, 2.45) is 0 Å². The van der Waals surface area contributed by atoms with Gasteiger partial charge in [-0.05, 0) is 24.8 Å². The number of hydroxylamine groups is 2. The van der Waals surface area contributed by atoms with Crippen molar-refractivity contribution in [2.45, 2.75) is 12.2 Å². The SMILES string of the molecule is CSCc1ccc(C(=O)N2CCCO2)o1. The molecule has 0 spiro atoms. The van der Waals surface area contributed by atoms with Gasteiger partial charge in [0.25, 0.3) is 0 Å². The molecule has 1 aliphatic heterocycles. The number of hydrogen-bond acceptors (Lipinski definition) is 4. The van der Waals surface area contributed by atoms with Gasteiger partial charge >= 0.3 is 5.91 Å². The van der Waals surface area contributed by atoms with E-state index in [1.54, 1.807) is 17.8 Å². The molecule has 1 amide bonds. The molecule has 1 saturated heterocycles. The van der Waals surface area contributed by atoms with E-state index < -0.39 is 0 Å². The predicted molar refractivity (Wildman–Crippen MR) is 57.5 cm³/mol. The third-order valence-corrected chi connectivity index (χ3v) is 2.71. The van der Waals surface area contributed by atoms with Gasteiger partial charge in [0.1, 0.15) is 5.76 Å². The largest absolute Gasteiger partial charge is 0.455 e. The van der Waals surface area contributed by atoms with Crippen molar-refractivity contribution >= 4 is 17.7 Å². The summed E-state index contributed by atoms with van der Waals surface area (Å²) in [5, 5.41) is 1.36. The Hall–Kier alpha value is -0.940. The van der Waals surface area contributed by atoms with E-state index >= 15 is 0 Å². The standard InChI is InChI=1S/C10H13NO3S/c1-15-7-8-3-4-9(14-8)10(12)11-5-2-6-13-11/h3-4H,2,5-7H2,1H3. The second-order valence-electron chi connectivity index (χ2n) is 3.29. The number of carbonyl (C=O) groups excluding carboxylic acids is 1. The Labute approximate surface area is 92.5 Å². The van der Waals surface area contributed by atoms with Gasteiger partial charge in [0.2, 0.25) is 0 Å². The van der Waals surface area contributed by atoms with Gasteiger partial charge in [-0.2, -0.15) is 11.8 Å². The molecular formula is C10H13NO3S. The number of hydrogen-bond donors (Lipinski definition) is 0. The Morgan fingerprint density at radius 1 is 1.60 bits per heavy atom. The van der Waals surface area contributed by atoms with Gasteiger partial charge in [-0.3, -0.25) is 9.63 Å². The highest BCUT2D eigenvalue weighted by atomic mass is 32.2. The topological polar surface area (TPSA) is 42.7 Å². The first-order valence-electron chi connectivity index (χ1n) is 4.83. The van der Waals surface area contributed by atoms with Crippen LogP contribution in [0.5, 0.6) is 0 Å². The molecule has 2 rings (SSSR count). The molecule has 4 nitrogen and oxygen atoms in total. The molecule has 0 aromatic carbocycles. The van der Waals surface area contributed by atoms with Crippen LogP contribution in [0.15, 0.2) is 16.5 Å². The van der Waals surface area contributed by atoms with E-state index in [0.717, 1.165) is 17.9 Å². The fraction of sp³-hybridized carbons (Fsp3) is 0.500. The van der Waals surface area contributed by atoms with Gasteiger partial charge < -0.3 is 4.42 Å². The highest BCUT2D eigenvalue weighted by Crippen LogP contribution is 2.16. The van der Waals surface area contributed by atoms with Gasteiger partial charge in [-0.15, -0.1) is 0 Å². The summed E-state index contributed by atoms with van der Waals surface area (Å²) in [6.45, 7) is 1.27. The molecule has 0 atom stereocenters. The summed E-state index contributed by atoms with van der Waals surface area (Å²) in [7, 11) is 0. The van der Waals surface area contributed by atoms with Crippen LogP contribution in [0.3, 0.4) is 0 Å². The van der Waals surface area contributed by atoms with Crippen molar-refractivity contribution in [3.8, 4) is 0 Å². The fourth-order valence-corrected chi connectivity index (χ4v) is 1.88. The van der Waals surface area contributed by atoms with E-state index in [2.05, 4.69) is 0 Å². The molecule has 0 unspecified atom stereocenters. The van der Waals surface area contributed by atoms with E-state index in [4.69, 9.17) is 9.25 Å². The maximum Gasteiger partial charge on any atom is 0.313 e. The Morgan fingerprint density at radius 2 is 2.47 bits per heavy atom. The zero-order valence-electron chi connectivity index (χ0n) is 8.56. The molecule has 15 heavy (non-hydrogen) atoms. The lowest BCUT2D eigenvalue weighted by molar-refractivity contribution is -0.0784. The first-order chi connectivity index (χ1) is 7.31. The molecule has 1 aliphatic rings. The van der Waals surface area contributed by atoms with Gasteiger partial charge in [0, 0.05) is 0 Å². The van der Waals surface area contributed by atoms with E-state index in [1.807, 2.05) is 12.3 Å². The minimum absolute atomic E-state index is 0.181. The van der Waals surface area contributed by atoms with Crippen molar-refractivity contribution in [1.29, 1.82) is 0 Å². The minimum atomic E-state index is -0.181. The van der Waals surface area contributed by atoms with Crippen LogP contribution in [0.1, 0.15) is 22.7 Å². The van der Waals surface area contributed by atoms with E-state index in [9.17, 15) is 4.79 Å². The summed E-state index contributed by atoms with van der Waals surface area (Å²) in [5.74, 6) is 1.79. The summed E-state index contributed by atoms with van der Waals surface area (Å²) < 4.78 is 5.41. The molecule has 2 heterocycles. The van der Waals surface area contributed by atoms with Crippen LogP contribution < -0.4 is 0 Å². The van der Waals surface area contributed by atoms with Crippen molar-refractivity contribution in [2.75, 3.05) is 19.4 Å². The lowest BCUT2D eigenvalue weighted by atomic mass is 10.4. The third kappa shape index (κ3) is 2.35. The Morgan fingerprint density at radius 3 is 3.13 bits per heavy atom. The Balaban J connectivity index is 2.04. The molecule has 0 N–H and O–H groups in total. The first kappa shape index (κ1) is 10.6. The molecule has 0 bridgehead atoms. The molecule has 82 valence electrons. The van der Waals surface area contributed by atoms with Gasteiger partial charge in [0.15, 0.2) is 5.76 Å². The molecular weight excluding hydrogens is 214 g/mol. The van der Waals surface area contributed by atoms with Gasteiger partial charge in [-0.25, -0.2) is 5.06 Å². The molecule has 0 saturated carbocycles. The molecule has 1 aromatic rings. The number of nitrogens with zero attached hydrogens (tertiary/aromatic N) is 1. The van der Waals surface area contributed by atoms with Crippen LogP contribution in [0.4, 0.5) is 0 Å². The fourth-order valence-electron chi connectivity index (χ4n) is 1.44. The Bertz CT molecular complexity index is 344. The highest BCUT2D eigenvalue weighted by Gasteiger charge is 2.23. The Kier molecular flexibility index (Phi) is 3.33. The van der Waals surface area contributed by atoms with Crippen LogP contribution in [0.25, 0.3) is 0 Å². The van der Waals surface area contributed by atoms with Gasteiger partial charge in [0.05, 0.1) is 18.9 Å². The van der Waals surface area contributed by atoms with Crippen molar-refractivity contribution in [1.82, 2.24) is 5.06 Å². The quantitative estimate of drug-likeness (QED) is 0.791. The van der Waals surface area contributed by atoms with E-state index in [1.165, 1.54) is 5.06 Å². The summed E-state index contributed by atoms with van der Waals surface area (Å²) in [5.41, 5.74) is 0. The highest BCUT2D eigenvalue weighted by molar-refractivity contribution is 7.97. The maximum absolute atomic E-state index is 11.8. The second-order valence-corrected chi connectivity index (χ2v) is 4.16. The van der Waals surface area contributed by atoms with E-state index in [-0.39, 0.29) is 5.91 Å².